The lowest BCUT2D eigenvalue weighted by Crippen LogP contribution is -2.60. The smallest absolute Gasteiger partial charge is 0.338 e. The van der Waals surface area contributed by atoms with E-state index in [1.54, 1.807) is 37.3 Å². The van der Waals surface area contributed by atoms with E-state index < -0.39 is 73.5 Å². The Morgan fingerprint density at radius 1 is 0.919 bits per heavy atom. The van der Waals surface area contributed by atoms with Crippen LogP contribution in [0.15, 0.2) is 53.8 Å². The van der Waals surface area contributed by atoms with Crippen LogP contribution in [0.2, 0.25) is 0 Å². The first-order chi connectivity index (χ1) is 17.8. The standard InChI is InChI=1S/C25H30O12/c1-2-33-23(32)14-11-35-24(37-25-21(30)20(29)19(28)16(9-26)36-25)17-13(8-15(27)18(14)17)10-34-22(31)12-6-4-3-5-7-12/h3-8,11,15-21,24-30H,2,9-10H2,1H3. The van der Waals surface area contributed by atoms with Crippen molar-refractivity contribution in [3.8, 4) is 0 Å². The van der Waals surface area contributed by atoms with Crippen LogP contribution in [-0.2, 0) is 28.5 Å². The zero-order chi connectivity index (χ0) is 26.7. The maximum atomic E-state index is 12.6. The molecule has 0 aromatic heterocycles. The SMILES string of the molecule is CCOC(=O)C1=COC(OC2OC(CO)C(O)C(O)C2O)C2C(COC(=O)c3ccccc3)=CC(O)C12. The number of ether oxygens (including phenoxy) is 5. The average molecular weight is 523 g/mol. The number of benzene rings is 1. The van der Waals surface area contributed by atoms with E-state index in [1.165, 1.54) is 6.08 Å². The van der Waals surface area contributed by atoms with Crippen molar-refractivity contribution in [1.29, 1.82) is 0 Å². The van der Waals surface area contributed by atoms with E-state index in [2.05, 4.69) is 0 Å². The number of rotatable bonds is 8. The third-order valence-corrected chi connectivity index (χ3v) is 6.56. The number of esters is 2. The first kappa shape index (κ1) is 27.2. The van der Waals surface area contributed by atoms with Crippen molar-refractivity contribution in [2.45, 2.75) is 50.0 Å². The molecule has 0 saturated carbocycles. The van der Waals surface area contributed by atoms with Gasteiger partial charge >= 0.3 is 11.9 Å². The van der Waals surface area contributed by atoms with Gasteiger partial charge in [-0.25, -0.2) is 9.59 Å². The summed E-state index contributed by atoms with van der Waals surface area (Å²) in [5, 5.41) is 50.8. The lowest BCUT2D eigenvalue weighted by molar-refractivity contribution is -0.340. The zero-order valence-corrected chi connectivity index (χ0v) is 20.0. The molecule has 12 nitrogen and oxygen atoms in total. The normalized spacial score (nSPS) is 35.0. The van der Waals surface area contributed by atoms with Gasteiger partial charge in [-0.15, -0.1) is 0 Å². The molecule has 2 aliphatic heterocycles. The number of aliphatic hydroxyl groups excluding tert-OH is 5. The minimum absolute atomic E-state index is 0.0358. The van der Waals surface area contributed by atoms with Crippen molar-refractivity contribution in [2.24, 2.45) is 11.8 Å². The van der Waals surface area contributed by atoms with Crippen molar-refractivity contribution in [3.05, 3.63) is 59.4 Å². The minimum Gasteiger partial charge on any atom is -0.471 e. The van der Waals surface area contributed by atoms with E-state index >= 15 is 0 Å². The first-order valence-corrected chi connectivity index (χ1v) is 11.9. The fraction of sp³-hybridized carbons (Fsp3) is 0.520. The highest BCUT2D eigenvalue weighted by atomic mass is 16.8. The van der Waals surface area contributed by atoms with E-state index in [1.807, 2.05) is 0 Å². The molecule has 0 bridgehead atoms. The molecule has 1 aromatic rings. The van der Waals surface area contributed by atoms with Crippen LogP contribution < -0.4 is 0 Å². The zero-order valence-electron chi connectivity index (χ0n) is 20.0. The Bertz CT molecular complexity index is 1020. The highest BCUT2D eigenvalue weighted by molar-refractivity contribution is 5.90. The number of fused-ring (bicyclic) bond motifs is 1. The first-order valence-electron chi connectivity index (χ1n) is 11.9. The second-order valence-corrected chi connectivity index (χ2v) is 8.86. The van der Waals surface area contributed by atoms with E-state index in [4.69, 9.17) is 23.7 Å². The van der Waals surface area contributed by atoms with Gasteiger partial charge < -0.3 is 49.2 Å². The molecule has 202 valence electrons. The lowest BCUT2D eigenvalue weighted by atomic mass is 9.82. The fourth-order valence-corrected chi connectivity index (χ4v) is 4.68. The molecule has 3 aliphatic rings. The molecule has 1 aliphatic carbocycles. The van der Waals surface area contributed by atoms with E-state index in [9.17, 15) is 35.1 Å². The van der Waals surface area contributed by atoms with Crippen molar-refractivity contribution in [3.63, 3.8) is 0 Å². The third-order valence-electron chi connectivity index (χ3n) is 6.56. The van der Waals surface area contributed by atoms with Crippen LogP contribution in [-0.4, -0.2) is 100 Å². The number of carbonyl (C=O) groups excluding carboxylic acids is 2. The van der Waals surface area contributed by atoms with E-state index in [-0.39, 0.29) is 18.8 Å². The minimum atomic E-state index is -1.70. The number of aliphatic hydroxyl groups is 5. The van der Waals surface area contributed by atoms with Crippen LogP contribution in [0, 0.1) is 11.8 Å². The average Bonchev–Trinajstić information content (AvgIpc) is 3.24. The molecule has 1 aromatic carbocycles. The number of carbonyl (C=O) groups is 2. The number of hydrogen-bond acceptors (Lipinski definition) is 12. The second kappa shape index (κ2) is 11.7. The molecule has 2 heterocycles. The lowest BCUT2D eigenvalue weighted by Gasteiger charge is -2.43. The van der Waals surface area contributed by atoms with Crippen LogP contribution in [0.3, 0.4) is 0 Å². The molecule has 37 heavy (non-hydrogen) atoms. The Morgan fingerprint density at radius 3 is 2.32 bits per heavy atom. The summed E-state index contributed by atoms with van der Waals surface area (Å²) in [7, 11) is 0. The molecule has 0 spiro atoms. The topological polar surface area (TPSA) is 181 Å². The van der Waals surface area contributed by atoms with Crippen molar-refractivity contribution in [1.82, 2.24) is 0 Å². The Morgan fingerprint density at radius 2 is 1.65 bits per heavy atom. The highest BCUT2D eigenvalue weighted by Crippen LogP contribution is 2.45. The Kier molecular flexibility index (Phi) is 8.60. The largest absolute Gasteiger partial charge is 0.471 e. The van der Waals surface area contributed by atoms with Crippen LogP contribution >= 0.6 is 0 Å². The summed E-state index contributed by atoms with van der Waals surface area (Å²) in [6, 6.07) is 8.28. The van der Waals surface area contributed by atoms with Gasteiger partial charge in [-0.05, 0) is 24.6 Å². The van der Waals surface area contributed by atoms with Crippen molar-refractivity contribution in [2.75, 3.05) is 19.8 Å². The molecule has 4 rings (SSSR count). The van der Waals surface area contributed by atoms with Gasteiger partial charge in [0.25, 0.3) is 0 Å². The van der Waals surface area contributed by atoms with Crippen molar-refractivity contribution >= 4 is 11.9 Å². The summed E-state index contributed by atoms with van der Waals surface area (Å²) >= 11 is 0. The Hall–Kier alpha value is -2.84. The van der Waals surface area contributed by atoms with Gasteiger partial charge in [0.1, 0.15) is 31.0 Å². The third kappa shape index (κ3) is 5.55. The summed E-state index contributed by atoms with van der Waals surface area (Å²) in [4.78, 5) is 25.1. The summed E-state index contributed by atoms with van der Waals surface area (Å²) in [5.41, 5.74) is 0.735. The molecule has 1 fully saturated rings. The molecule has 1 saturated heterocycles. The number of hydrogen-bond donors (Lipinski definition) is 5. The van der Waals surface area contributed by atoms with Crippen molar-refractivity contribution < 1.29 is 58.8 Å². The van der Waals surface area contributed by atoms with Gasteiger partial charge in [-0.3, -0.25) is 0 Å². The van der Waals surface area contributed by atoms with Gasteiger partial charge in [0, 0.05) is 5.92 Å². The van der Waals surface area contributed by atoms with Gasteiger partial charge in [-0.1, -0.05) is 24.3 Å². The maximum absolute atomic E-state index is 12.6. The van der Waals surface area contributed by atoms with Crippen LogP contribution in [0.1, 0.15) is 17.3 Å². The molecule has 0 radical (unpaired) electrons. The molecule has 5 N–H and O–H groups in total. The maximum Gasteiger partial charge on any atom is 0.338 e. The summed E-state index contributed by atoms with van der Waals surface area (Å²) in [5.74, 6) is -3.09. The van der Waals surface area contributed by atoms with Crippen LogP contribution in [0.4, 0.5) is 0 Å². The predicted octanol–water partition coefficient (Wildman–Crippen LogP) is -1.00. The second-order valence-electron chi connectivity index (χ2n) is 8.86. The molecule has 9 atom stereocenters. The Labute approximate surface area is 212 Å². The monoisotopic (exact) mass is 522 g/mol. The molecular formula is C25H30O12. The fourth-order valence-electron chi connectivity index (χ4n) is 4.68. The van der Waals surface area contributed by atoms with Crippen LogP contribution in [0.5, 0.6) is 0 Å². The van der Waals surface area contributed by atoms with Gasteiger partial charge in [-0.2, -0.15) is 0 Å². The van der Waals surface area contributed by atoms with Gasteiger partial charge in [0.2, 0.25) is 6.29 Å². The van der Waals surface area contributed by atoms with E-state index in [0.717, 1.165) is 6.26 Å². The summed E-state index contributed by atoms with van der Waals surface area (Å²) < 4.78 is 27.4. The highest BCUT2D eigenvalue weighted by Gasteiger charge is 2.52. The molecule has 12 heteroatoms. The van der Waals surface area contributed by atoms with Gasteiger partial charge in [0.15, 0.2) is 6.29 Å². The predicted molar refractivity (Wildman–Crippen MR) is 122 cm³/mol. The quantitative estimate of drug-likeness (QED) is 0.208. The molecule has 9 unspecified atom stereocenters. The van der Waals surface area contributed by atoms with Gasteiger partial charge in [0.05, 0.1) is 42.6 Å². The molecular weight excluding hydrogens is 492 g/mol. The summed E-state index contributed by atoms with van der Waals surface area (Å²) in [6.07, 6.45) is -7.67. The summed E-state index contributed by atoms with van der Waals surface area (Å²) in [6.45, 7) is 0.792. The van der Waals surface area contributed by atoms with E-state index in [0.29, 0.717) is 11.1 Å². The molecule has 0 amide bonds. The van der Waals surface area contributed by atoms with Crippen LogP contribution in [0.25, 0.3) is 0 Å². The Balaban J connectivity index is 1.57.